The molecule has 0 aliphatic heterocycles. The molecule has 0 spiro atoms. The van der Waals surface area contributed by atoms with E-state index in [9.17, 15) is 4.39 Å². The molecule has 134 valence electrons. The van der Waals surface area contributed by atoms with E-state index in [0.29, 0.717) is 22.6 Å². The van der Waals surface area contributed by atoms with Crippen LogP contribution in [0, 0.1) is 5.82 Å². The number of nitrogen functional groups attached to an aromatic ring is 1. The van der Waals surface area contributed by atoms with Gasteiger partial charge in [-0.1, -0.05) is 18.2 Å². The van der Waals surface area contributed by atoms with Crippen LogP contribution in [0.3, 0.4) is 0 Å². The van der Waals surface area contributed by atoms with Crippen molar-refractivity contribution in [2.24, 2.45) is 0 Å². The molecular weight excluding hydrogens is 351 g/mol. The molecular formula is C23H15FN4. The molecule has 5 aromatic rings. The van der Waals surface area contributed by atoms with E-state index in [-0.39, 0.29) is 5.82 Å². The Morgan fingerprint density at radius 1 is 0.821 bits per heavy atom. The number of benzene rings is 2. The monoisotopic (exact) mass is 366 g/mol. The van der Waals surface area contributed by atoms with Gasteiger partial charge in [0, 0.05) is 46.2 Å². The van der Waals surface area contributed by atoms with Crippen LogP contribution in [0.5, 0.6) is 0 Å². The summed E-state index contributed by atoms with van der Waals surface area (Å²) in [5.41, 5.74) is 10.3. The first-order chi connectivity index (χ1) is 13.7. The van der Waals surface area contributed by atoms with Crippen LogP contribution in [-0.4, -0.2) is 15.0 Å². The molecule has 0 fully saturated rings. The van der Waals surface area contributed by atoms with Crippen molar-refractivity contribution in [3.05, 3.63) is 85.1 Å². The Labute approximate surface area is 160 Å². The van der Waals surface area contributed by atoms with Crippen LogP contribution in [-0.2, 0) is 0 Å². The van der Waals surface area contributed by atoms with Crippen LogP contribution < -0.4 is 5.73 Å². The van der Waals surface area contributed by atoms with Crippen molar-refractivity contribution >= 4 is 27.5 Å². The minimum absolute atomic E-state index is 0.327. The van der Waals surface area contributed by atoms with Crippen molar-refractivity contribution in [1.82, 2.24) is 15.0 Å². The predicted octanol–water partition coefficient (Wildman–Crippen LogP) is 5.23. The average molecular weight is 366 g/mol. The normalized spacial score (nSPS) is 11.2. The second kappa shape index (κ2) is 6.39. The number of aromatic nitrogens is 3. The molecule has 2 N–H and O–H groups in total. The van der Waals surface area contributed by atoms with E-state index in [4.69, 9.17) is 5.73 Å². The van der Waals surface area contributed by atoms with E-state index in [2.05, 4.69) is 15.0 Å². The maximum atomic E-state index is 14.4. The van der Waals surface area contributed by atoms with E-state index in [1.807, 2.05) is 36.4 Å². The SMILES string of the molecule is Nc1ccc2cnccc2c1-c1cc(-c2ccccc2F)nc2ncccc12. The van der Waals surface area contributed by atoms with Crippen LogP contribution in [0.2, 0.25) is 0 Å². The van der Waals surface area contributed by atoms with Gasteiger partial charge in [0.05, 0.1) is 5.69 Å². The molecule has 28 heavy (non-hydrogen) atoms. The molecule has 0 unspecified atom stereocenters. The number of fused-ring (bicyclic) bond motifs is 2. The molecule has 3 heterocycles. The highest BCUT2D eigenvalue weighted by molar-refractivity contribution is 6.08. The van der Waals surface area contributed by atoms with E-state index >= 15 is 0 Å². The Hall–Kier alpha value is -3.86. The molecule has 0 saturated carbocycles. The highest BCUT2D eigenvalue weighted by atomic mass is 19.1. The number of nitrogens with two attached hydrogens (primary N) is 1. The molecule has 2 aromatic carbocycles. The van der Waals surface area contributed by atoms with E-state index in [1.165, 1.54) is 6.07 Å². The Kier molecular flexibility index (Phi) is 3.72. The molecule has 0 amide bonds. The van der Waals surface area contributed by atoms with Gasteiger partial charge < -0.3 is 5.73 Å². The summed E-state index contributed by atoms with van der Waals surface area (Å²) in [6.45, 7) is 0. The van der Waals surface area contributed by atoms with Gasteiger partial charge in [0.15, 0.2) is 5.65 Å². The molecule has 5 heteroatoms. The van der Waals surface area contributed by atoms with Crippen molar-refractivity contribution in [1.29, 1.82) is 0 Å². The molecule has 0 saturated heterocycles. The second-order valence-corrected chi connectivity index (χ2v) is 6.54. The third-order valence-corrected chi connectivity index (χ3v) is 4.86. The standard InChI is InChI=1S/C23H15FN4/c24-19-6-2-1-4-17(19)21-12-18(16-5-3-10-27-23(16)28-21)22-15-9-11-26-13-14(15)7-8-20(22)25/h1-13H,25H2. The Morgan fingerprint density at radius 2 is 1.71 bits per heavy atom. The predicted molar refractivity (Wildman–Crippen MR) is 110 cm³/mol. The summed E-state index contributed by atoms with van der Waals surface area (Å²) in [6.07, 6.45) is 5.23. The van der Waals surface area contributed by atoms with Gasteiger partial charge in [-0.25, -0.2) is 14.4 Å². The van der Waals surface area contributed by atoms with Crippen molar-refractivity contribution in [2.75, 3.05) is 5.73 Å². The van der Waals surface area contributed by atoms with Crippen LogP contribution in [0.1, 0.15) is 0 Å². The van der Waals surface area contributed by atoms with Gasteiger partial charge in [0.2, 0.25) is 0 Å². The van der Waals surface area contributed by atoms with Crippen LogP contribution in [0.15, 0.2) is 79.3 Å². The summed E-state index contributed by atoms with van der Waals surface area (Å²) >= 11 is 0. The van der Waals surface area contributed by atoms with Gasteiger partial charge in [0.25, 0.3) is 0 Å². The van der Waals surface area contributed by atoms with Gasteiger partial charge in [0.1, 0.15) is 5.82 Å². The van der Waals surface area contributed by atoms with Crippen LogP contribution in [0.4, 0.5) is 10.1 Å². The number of pyridine rings is 3. The average Bonchev–Trinajstić information content (AvgIpc) is 2.73. The first-order valence-corrected chi connectivity index (χ1v) is 8.85. The minimum Gasteiger partial charge on any atom is -0.398 e. The summed E-state index contributed by atoms with van der Waals surface area (Å²) in [7, 11) is 0. The quantitative estimate of drug-likeness (QED) is 0.434. The smallest absolute Gasteiger partial charge is 0.160 e. The molecule has 0 atom stereocenters. The zero-order chi connectivity index (χ0) is 19.1. The largest absolute Gasteiger partial charge is 0.398 e. The molecule has 3 aromatic heterocycles. The lowest BCUT2D eigenvalue weighted by Crippen LogP contribution is -1.97. The number of hydrogen-bond acceptors (Lipinski definition) is 4. The maximum absolute atomic E-state index is 14.4. The highest BCUT2D eigenvalue weighted by Gasteiger charge is 2.16. The summed E-state index contributed by atoms with van der Waals surface area (Å²) in [4.78, 5) is 13.2. The fraction of sp³-hybridized carbons (Fsp3) is 0. The zero-order valence-corrected chi connectivity index (χ0v) is 14.8. The first kappa shape index (κ1) is 16.3. The molecule has 5 rings (SSSR count). The summed E-state index contributed by atoms with van der Waals surface area (Å²) in [6, 6.07) is 18.0. The number of rotatable bonds is 2. The van der Waals surface area contributed by atoms with Gasteiger partial charge in [-0.15, -0.1) is 0 Å². The van der Waals surface area contributed by atoms with Crippen LogP contribution in [0.25, 0.3) is 44.2 Å². The topological polar surface area (TPSA) is 64.7 Å². The maximum Gasteiger partial charge on any atom is 0.160 e. The lowest BCUT2D eigenvalue weighted by atomic mass is 9.94. The third-order valence-electron chi connectivity index (χ3n) is 4.86. The van der Waals surface area contributed by atoms with Crippen molar-refractivity contribution in [3.8, 4) is 22.4 Å². The molecule has 0 radical (unpaired) electrons. The number of hydrogen-bond donors (Lipinski definition) is 1. The minimum atomic E-state index is -0.327. The molecule has 0 aliphatic rings. The lowest BCUT2D eigenvalue weighted by Gasteiger charge is -2.14. The lowest BCUT2D eigenvalue weighted by molar-refractivity contribution is 0.631. The third kappa shape index (κ3) is 2.56. The Balaban J connectivity index is 1.91. The van der Waals surface area contributed by atoms with Gasteiger partial charge in [-0.05, 0) is 53.4 Å². The van der Waals surface area contributed by atoms with E-state index < -0.39 is 0 Å². The van der Waals surface area contributed by atoms with Crippen molar-refractivity contribution in [2.45, 2.75) is 0 Å². The summed E-state index contributed by atoms with van der Waals surface area (Å²) < 4.78 is 14.4. The van der Waals surface area contributed by atoms with Gasteiger partial charge >= 0.3 is 0 Å². The van der Waals surface area contributed by atoms with Gasteiger partial charge in [-0.3, -0.25) is 4.98 Å². The fourth-order valence-corrected chi connectivity index (χ4v) is 3.56. The second-order valence-electron chi connectivity index (χ2n) is 6.54. The molecule has 0 bridgehead atoms. The van der Waals surface area contributed by atoms with E-state index in [1.54, 1.807) is 36.8 Å². The van der Waals surface area contributed by atoms with Gasteiger partial charge in [-0.2, -0.15) is 0 Å². The molecule has 4 nitrogen and oxygen atoms in total. The van der Waals surface area contributed by atoms with Crippen LogP contribution >= 0.6 is 0 Å². The zero-order valence-electron chi connectivity index (χ0n) is 14.8. The number of halogens is 1. The van der Waals surface area contributed by atoms with Crippen molar-refractivity contribution in [3.63, 3.8) is 0 Å². The fourth-order valence-electron chi connectivity index (χ4n) is 3.56. The number of anilines is 1. The number of nitrogens with zero attached hydrogens (tertiary/aromatic N) is 3. The Bertz CT molecular complexity index is 1350. The first-order valence-electron chi connectivity index (χ1n) is 8.85. The molecule has 0 aliphatic carbocycles. The Morgan fingerprint density at radius 3 is 2.61 bits per heavy atom. The van der Waals surface area contributed by atoms with Crippen molar-refractivity contribution < 1.29 is 4.39 Å². The highest BCUT2D eigenvalue weighted by Crippen LogP contribution is 2.39. The summed E-state index contributed by atoms with van der Waals surface area (Å²) in [5, 5.41) is 2.82. The summed E-state index contributed by atoms with van der Waals surface area (Å²) in [5.74, 6) is -0.327. The van der Waals surface area contributed by atoms with E-state index in [0.717, 1.165) is 27.3 Å².